The Bertz CT molecular complexity index is 396. The fourth-order valence-electron chi connectivity index (χ4n) is 2.12. The molecule has 1 aromatic carbocycles. The van der Waals surface area contributed by atoms with Gasteiger partial charge in [0.25, 0.3) is 0 Å². The van der Waals surface area contributed by atoms with Gasteiger partial charge < -0.3 is 4.74 Å². The van der Waals surface area contributed by atoms with E-state index in [2.05, 4.69) is 6.92 Å². The van der Waals surface area contributed by atoms with Crippen LogP contribution < -0.4 is 4.74 Å². The van der Waals surface area contributed by atoms with Crippen LogP contribution in [0.15, 0.2) is 18.2 Å². The van der Waals surface area contributed by atoms with Crippen molar-refractivity contribution in [3.8, 4) is 5.75 Å². The smallest absolute Gasteiger partial charge is 0.160 e. The van der Waals surface area contributed by atoms with Crippen molar-refractivity contribution >= 4 is 5.78 Å². The highest BCUT2D eigenvalue weighted by Crippen LogP contribution is 2.18. The van der Waals surface area contributed by atoms with Crippen molar-refractivity contribution in [2.24, 2.45) is 0 Å². The minimum atomic E-state index is 0.106. The predicted molar refractivity (Wildman–Crippen MR) is 79.7 cm³/mol. The molecule has 19 heavy (non-hydrogen) atoms. The molecule has 0 bridgehead atoms. The first kappa shape index (κ1) is 15.7. The largest absolute Gasteiger partial charge is 0.494 e. The maximum atomic E-state index is 11.3. The Morgan fingerprint density at radius 3 is 2.47 bits per heavy atom. The summed E-state index contributed by atoms with van der Waals surface area (Å²) in [5, 5.41) is 0. The highest BCUT2D eigenvalue weighted by Gasteiger charge is 2.04. The van der Waals surface area contributed by atoms with E-state index in [1.54, 1.807) is 6.92 Å². The summed E-state index contributed by atoms with van der Waals surface area (Å²) in [6.45, 7) is 8.13. The van der Waals surface area contributed by atoms with Crippen molar-refractivity contribution in [3.05, 3.63) is 36.2 Å². The summed E-state index contributed by atoms with van der Waals surface area (Å²) in [7, 11) is 0. The molecule has 1 aromatic rings. The summed E-state index contributed by atoms with van der Waals surface area (Å²) >= 11 is 0. The van der Waals surface area contributed by atoms with Gasteiger partial charge in [-0.15, -0.1) is 0 Å². The van der Waals surface area contributed by atoms with Crippen LogP contribution in [0.2, 0.25) is 0 Å². The van der Waals surface area contributed by atoms with Crippen molar-refractivity contribution in [1.82, 2.24) is 0 Å². The Morgan fingerprint density at radius 2 is 1.84 bits per heavy atom. The van der Waals surface area contributed by atoms with Gasteiger partial charge in [0, 0.05) is 5.56 Å². The highest BCUT2D eigenvalue weighted by molar-refractivity contribution is 5.95. The molecule has 1 rings (SSSR count). The number of hydrogen-bond donors (Lipinski definition) is 0. The van der Waals surface area contributed by atoms with Crippen LogP contribution in [0.25, 0.3) is 0 Å². The third-order valence-corrected chi connectivity index (χ3v) is 3.24. The van der Waals surface area contributed by atoms with Gasteiger partial charge in [0.1, 0.15) is 5.75 Å². The first-order chi connectivity index (χ1) is 9.15. The molecular weight excluding hydrogens is 236 g/mol. The predicted octanol–water partition coefficient (Wildman–Crippen LogP) is 4.75. The molecule has 105 valence electrons. The van der Waals surface area contributed by atoms with E-state index in [9.17, 15) is 4.79 Å². The fourth-order valence-corrected chi connectivity index (χ4v) is 2.12. The molecule has 2 heteroatoms. The van der Waals surface area contributed by atoms with E-state index >= 15 is 0 Å². The molecule has 2 nitrogen and oxygen atoms in total. The lowest BCUT2D eigenvalue weighted by Gasteiger charge is -2.08. The van der Waals surface area contributed by atoms with E-state index < -0.39 is 0 Å². The minimum absolute atomic E-state index is 0.106. The van der Waals surface area contributed by atoms with Gasteiger partial charge in [-0.2, -0.15) is 0 Å². The number of ether oxygens (including phenoxy) is 1. The fraction of sp³-hybridized carbons (Fsp3) is 0.529. The molecule has 0 aromatic heterocycles. The number of carbonyl (C=O) groups is 1. The van der Waals surface area contributed by atoms with Crippen LogP contribution in [0.4, 0.5) is 0 Å². The van der Waals surface area contributed by atoms with E-state index in [-0.39, 0.29) is 5.78 Å². The second kappa shape index (κ2) is 8.73. The van der Waals surface area contributed by atoms with Crippen molar-refractivity contribution < 1.29 is 9.53 Å². The Morgan fingerprint density at radius 1 is 1.16 bits per heavy atom. The second-order valence-electron chi connectivity index (χ2n) is 5.00. The number of unbranched alkanes of at least 4 members (excludes halogenated alkanes) is 5. The number of aryl methyl sites for hydroxylation is 1. The number of carbonyl (C=O) groups excluding carboxylic acids is 1. The summed E-state index contributed by atoms with van der Waals surface area (Å²) in [6.07, 6.45) is 7.11. The maximum Gasteiger partial charge on any atom is 0.160 e. The molecule has 0 unspecified atom stereocenters. The molecule has 0 fully saturated rings. The zero-order valence-corrected chi connectivity index (χ0v) is 12.2. The number of rotatable bonds is 9. The van der Waals surface area contributed by atoms with E-state index in [4.69, 9.17) is 4.74 Å². The van der Waals surface area contributed by atoms with Crippen molar-refractivity contribution in [2.45, 2.75) is 52.4 Å². The van der Waals surface area contributed by atoms with Crippen LogP contribution in [-0.2, 0) is 0 Å². The third kappa shape index (κ3) is 5.91. The Hall–Kier alpha value is -1.31. The van der Waals surface area contributed by atoms with Gasteiger partial charge in [0.15, 0.2) is 5.78 Å². The maximum absolute atomic E-state index is 11.3. The lowest BCUT2D eigenvalue weighted by molar-refractivity contribution is 0.101. The number of ketones is 1. The molecule has 0 amide bonds. The molecule has 0 spiro atoms. The minimum Gasteiger partial charge on any atom is -0.494 e. The van der Waals surface area contributed by atoms with Crippen LogP contribution in [-0.4, -0.2) is 12.4 Å². The van der Waals surface area contributed by atoms with Crippen LogP contribution in [0.3, 0.4) is 0 Å². The van der Waals surface area contributed by atoms with Gasteiger partial charge in [-0.05, 0) is 44.0 Å². The van der Waals surface area contributed by atoms with Gasteiger partial charge in [0.2, 0.25) is 0 Å². The highest BCUT2D eigenvalue weighted by atomic mass is 16.5. The molecule has 0 atom stereocenters. The molecule has 0 aliphatic carbocycles. The van der Waals surface area contributed by atoms with Crippen molar-refractivity contribution in [1.29, 1.82) is 0 Å². The van der Waals surface area contributed by atoms with Gasteiger partial charge in [0.05, 0.1) is 6.61 Å². The molecule has 0 saturated carbocycles. The molecule has 0 saturated heterocycles. The van der Waals surface area contributed by atoms with Gasteiger partial charge in [-0.25, -0.2) is 0 Å². The molecule has 1 radical (unpaired) electrons. The monoisotopic (exact) mass is 261 g/mol. The Balaban J connectivity index is 2.26. The average molecular weight is 261 g/mol. The summed E-state index contributed by atoms with van der Waals surface area (Å²) < 4.78 is 5.70. The molecule has 0 aliphatic heterocycles. The van der Waals surface area contributed by atoms with E-state index in [1.165, 1.54) is 25.7 Å². The average Bonchev–Trinajstić information content (AvgIpc) is 2.37. The SMILES string of the molecule is [CH2]CCCCCCCOc1ccc(C(C)=O)c(C)c1. The zero-order valence-electron chi connectivity index (χ0n) is 12.2. The van der Waals surface area contributed by atoms with Gasteiger partial charge in [-0.3, -0.25) is 4.79 Å². The normalized spacial score (nSPS) is 10.5. The summed E-state index contributed by atoms with van der Waals surface area (Å²) in [4.78, 5) is 11.3. The van der Waals surface area contributed by atoms with E-state index in [0.29, 0.717) is 0 Å². The Kier molecular flexibility index (Phi) is 7.24. The van der Waals surface area contributed by atoms with Crippen LogP contribution in [0.1, 0.15) is 61.4 Å². The van der Waals surface area contributed by atoms with Crippen LogP contribution >= 0.6 is 0 Å². The van der Waals surface area contributed by atoms with Crippen LogP contribution in [0.5, 0.6) is 5.75 Å². The van der Waals surface area contributed by atoms with E-state index in [0.717, 1.165) is 36.3 Å². The number of Topliss-reactive ketones (excluding diaryl/α,β-unsaturated/α-hetero) is 1. The zero-order chi connectivity index (χ0) is 14.1. The van der Waals surface area contributed by atoms with Crippen LogP contribution in [0, 0.1) is 13.8 Å². The van der Waals surface area contributed by atoms with E-state index in [1.807, 2.05) is 25.1 Å². The quantitative estimate of drug-likeness (QED) is 0.473. The standard InChI is InChI=1S/C17H25O2/c1-4-5-6-7-8-9-12-19-16-10-11-17(15(3)18)14(2)13-16/h10-11,13H,1,4-9,12H2,2-3H3. The molecule has 0 heterocycles. The first-order valence-corrected chi connectivity index (χ1v) is 7.18. The van der Waals surface area contributed by atoms with Crippen molar-refractivity contribution in [3.63, 3.8) is 0 Å². The number of hydrogen-bond acceptors (Lipinski definition) is 2. The molecule has 0 N–H and O–H groups in total. The second-order valence-corrected chi connectivity index (χ2v) is 5.00. The van der Waals surface area contributed by atoms with Gasteiger partial charge >= 0.3 is 0 Å². The topological polar surface area (TPSA) is 26.3 Å². The summed E-state index contributed by atoms with van der Waals surface area (Å²) in [5.41, 5.74) is 1.76. The lowest BCUT2D eigenvalue weighted by atomic mass is 10.1. The molecule has 0 aliphatic rings. The summed E-state index contributed by atoms with van der Waals surface area (Å²) in [5.74, 6) is 0.967. The van der Waals surface area contributed by atoms with Crippen molar-refractivity contribution in [2.75, 3.05) is 6.61 Å². The lowest BCUT2D eigenvalue weighted by Crippen LogP contribution is -2.00. The molecular formula is C17H25O2. The third-order valence-electron chi connectivity index (χ3n) is 3.24. The Labute approximate surface area is 117 Å². The summed E-state index contributed by atoms with van der Waals surface area (Å²) in [6, 6.07) is 5.67. The number of benzene rings is 1. The first-order valence-electron chi connectivity index (χ1n) is 7.18. The van der Waals surface area contributed by atoms with Gasteiger partial charge in [-0.1, -0.05) is 39.0 Å².